The Bertz CT molecular complexity index is 572. The number of hydrogen-bond donors (Lipinski definition) is 3. The van der Waals surface area contributed by atoms with E-state index in [-0.39, 0.29) is 5.56 Å². The molecule has 0 spiro atoms. The van der Waals surface area contributed by atoms with E-state index in [0.717, 1.165) is 10.2 Å². The highest BCUT2D eigenvalue weighted by Crippen LogP contribution is 2.18. The monoisotopic (exact) mass is 344 g/mol. The van der Waals surface area contributed by atoms with Crippen molar-refractivity contribution in [3.05, 3.63) is 24.0 Å². The Hall–Kier alpha value is -0.800. The van der Waals surface area contributed by atoms with Crippen molar-refractivity contribution in [1.29, 1.82) is 0 Å². The predicted octanol–water partition coefficient (Wildman–Crippen LogP) is -0.390. The molecule has 0 saturated heterocycles. The molecule has 0 aliphatic rings. The molecular formula is C10H14Cl2N2O5S. The zero-order valence-electron chi connectivity index (χ0n) is 10.4. The van der Waals surface area contributed by atoms with Crippen LogP contribution < -0.4 is 5.32 Å². The fraction of sp³-hybridized carbons (Fsp3) is 0.500. The van der Waals surface area contributed by atoms with Crippen molar-refractivity contribution in [3.8, 4) is 0 Å². The van der Waals surface area contributed by atoms with E-state index in [0.29, 0.717) is 0 Å². The molecule has 10 heteroatoms. The molecule has 0 saturated carbocycles. The molecule has 3 N–H and O–H groups in total. The average Bonchev–Trinajstić information content (AvgIpc) is 2.83. The fourth-order valence-electron chi connectivity index (χ4n) is 1.48. The van der Waals surface area contributed by atoms with E-state index < -0.39 is 39.5 Å². The van der Waals surface area contributed by atoms with Gasteiger partial charge in [0.15, 0.2) is 4.84 Å². The maximum Gasteiger partial charge on any atom is 0.253 e. The van der Waals surface area contributed by atoms with Gasteiger partial charge >= 0.3 is 0 Å². The summed E-state index contributed by atoms with van der Waals surface area (Å²) in [6.07, 6.45) is 2.13. The summed E-state index contributed by atoms with van der Waals surface area (Å²) in [7, 11) is -3.47. The molecule has 0 unspecified atom stereocenters. The maximum atomic E-state index is 11.3. The van der Waals surface area contributed by atoms with E-state index in [1.807, 2.05) is 0 Å². The molecule has 0 aromatic carbocycles. The van der Waals surface area contributed by atoms with E-state index in [9.17, 15) is 18.3 Å². The minimum Gasteiger partial charge on any atom is -0.394 e. The second-order valence-corrected chi connectivity index (χ2v) is 7.06. The highest BCUT2D eigenvalue weighted by molar-refractivity contribution is 7.89. The van der Waals surface area contributed by atoms with Crippen molar-refractivity contribution in [2.24, 2.45) is 0 Å². The first kappa shape index (κ1) is 17.3. The second kappa shape index (κ2) is 6.77. The van der Waals surface area contributed by atoms with Crippen LogP contribution in [-0.2, 0) is 14.8 Å². The summed E-state index contributed by atoms with van der Waals surface area (Å²) in [6, 6.07) is 0.303. The Morgan fingerprint density at radius 2 is 2.10 bits per heavy atom. The molecule has 0 bridgehead atoms. The number of carbonyl (C=O) groups is 1. The van der Waals surface area contributed by atoms with Crippen molar-refractivity contribution in [2.45, 2.75) is 17.0 Å². The number of nitrogens with one attached hydrogen (secondary N) is 1. The third kappa shape index (κ3) is 4.35. The third-order valence-electron chi connectivity index (χ3n) is 2.52. The summed E-state index contributed by atoms with van der Waals surface area (Å²) in [5.74, 6) is -0.769. The summed E-state index contributed by atoms with van der Waals surface area (Å²) >= 11 is 10.7. The van der Waals surface area contributed by atoms with Gasteiger partial charge in [0, 0.05) is 18.0 Å². The molecule has 114 valence electrons. The summed E-state index contributed by atoms with van der Waals surface area (Å²) in [5, 5.41) is 21.4. The van der Waals surface area contributed by atoms with Crippen molar-refractivity contribution in [1.82, 2.24) is 9.29 Å². The Balaban J connectivity index is 2.89. The minimum atomic E-state index is -3.47. The van der Waals surface area contributed by atoms with Gasteiger partial charge in [-0.2, -0.15) is 0 Å². The van der Waals surface area contributed by atoms with Crippen molar-refractivity contribution >= 4 is 39.1 Å². The third-order valence-corrected chi connectivity index (χ3v) is 3.91. The van der Waals surface area contributed by atoms with Gasteiger partial charge in [-0.15, -0.1) is 0 Å². The standard InChI is InChI=1S/C10H14Cl2N2O5S/c1-20(18,19)14-3-2-6(4-14)8(16)7(5-15)13-10(17)9(11)12/h2-4,7-9,15-16H,5H2,1H3,(H,13,17)/t7-,8-/m1/s1. The van der Waals surface area contributed by atoms with Gasteiger partial charge in [0.25, 0.3) is 5.91 Å². The quantitative estimate of drug-likeness (QED) is 0.609. The summed E-state index contributed by atoms with van der Waals surface area (Å²) in [6.45, 7) is -0.572. The smallest absolute Gasteiger partial charge is 0.253 e. The molecule has 1 aromatic rings. The van der Waals surface area contributed by atoms with Crippen LogP contribution in [0, 0.1) is 0 Å². The normalized spacial score (nSPS) is 15.1. The molecule has 0 fully saturated rings. The molecule has 1 heterocycles. The molecule has 1 amide bonds. The lowest BCUT2D eigenvalue weighted by molar-refractivity contribution is -0.121. The molecule has 7 nitrogen and oxygen atoms in total. The molecular weight excluding hydrogens is 331 g/mol. The first-order chi connectivity index (χ1) is 9.16. The Kier molecular flexibility index (Phi) is 5.84. The van der Waals surface area contributed by atoms with Gasteiger partial charge in [-0.1, -0.05) is 23.2 Å². The summed E-state index contributed by atoms with van der Waals surface area (Å²) < 4.78 is 23.5. The fourth-order valence-corrected chi connectivity index (χ4v) is 2.20. The highest BCUT2D eigenvalue weighted by atomic mass is 35.5. The second-order valence-electron chi connectivity index (χ2n) is 4.08. The minimum absolute atomic E-state index is 0.218. The van der Waals surface area contributed by atoms with E-state index in [4.69, 9.17) is 28.3 Å². The maximum absolute atomic E-state index is 11.3. The van der Waals surface area contributed by atoms with Crippen molar-refractivity contribution in [2.75, 3.05) is 12.9 Å². The van der Waals surface area contributed by atoms with Crippen LogP contribution in [0.15, 0.2) is 18.5 Å². The van der Waals surface area contributed by atoms with Gasteiger partial charge in [-0.3, -0.25) is 8.77 Å². The van der Waals surface area contributed by atoms with E-state index >= 15 is 0 Å². The van der Waals surface area contributed by atoms with Crippen LogP contribution >= 0.6 is 23.2 Å². The number of halogens is 2. The van der Waals surface area contributed by atoms with Gasteiger partial charge in [0.1, 0.15) is 6.10 Å². The number of alkyl halides is 2. The molecule has 0 radical (unpaired) electrons. The van der Waals surface area contributed by atoms with E-state index in [1.54, 1.807) is 0 Å². The number of rotatable bonds is 6. The van der Waals surface area contributed by atoms with Crippen LogP contribution in [0.25, 0.3) is 0 Å². The number of aliphatic hydroxyl groups is 2. The first-order valence-corrected chi connectivity index (χ1v) is 8.15. The Labute approximate surface area is 126 Å². The van der Waals surface area contributed by atoms with Gasteiger partial charge < -0.3 is 15.5 Å². The van der Waals surface area contributed by atoms with Gasteiger partial charge in [0.2, 0.25) is 10.0 Å². The number of carbonyl (C=O) groups excluding carboxylic acids is 1. The van der Waals surface area contributed by atoms with E-state index in [1.165, 1.54) is 18.5 Å². The number of hydrogen-bond acceptors (Lipinski definition) is 5. The van der Waals surface area contributed by atoms with Crippen LogP contribution in [0.5, 0.6) is 0 Å². The van der Waals surface area contributed by atoms with Crippen molar-refractivity contribution < 1.29 is 23.4 Å². The van der Waals surface area contributed by atoms with Crippen LogP contribution in [0.4, 0.5) is 0 Å². The van der Waals surface area contributed by atoms with Crippen molar-refractivity contribution in [3.63, 3.8) is 0 Å². The number of amides is 1. The zero-order chi connectivity index (χ0) is 15.5. The molecule has 20 heavy (non-hydrogen) atoms. The van der Waals surface area contributed by atoms with E-state index in [2.05, 4.69) is 5.32 Å². The molecule has 1 aromatic heterocycles. The lowest BCUT2D eigenvalue weighted by Crippen LogP contribution is -2.44. The predicted molar refractivity (Wildman–Crippen MR) is 74.1 cm³/mol. The lowest BCUT2D eigenvalue weighted by atomic mass is 10.1. The zero-order valence-corrected chi connectivity index (χ0v) is 12.7. The van der Waals surface area contributed by atoms with Gasteiger partial charge in [-0.05, 0) is 6.07 Å². The number of aromatic nitrogens is 1. The van der Waals surface area contributed by atoms with Crippen LogP contribution in [0.1, 0.15) is 11.7 Å². The topological polar surface area (TPSA) is 109 Å². The largest absolute Gasteiger partial charge is 0.394 e. The highest BCUT2D eigenvalue weighted by Gasteiger charge is 2.25. The average molecular weight is 345 g/mol. The molecule has 0 aliphatic heterocycles. The van der Waals surface area contributed by atoms with Gasteiger partial charge in [0.05, 0.1) is 18.9 Å². The molecule has 2 atom stereocenters. The number of aliphatic hydroxyl groups excluding tert-OH is 2. The Morgan fingerprint density at radius 1 is 1.50 bits per heavy atom. The van der Waals surface area contributed by atoms with Crippen LogP contribution in [0.2, 0.25) is 0 Å². The SMILES string of the molecule is CS(=O)(=O)n1ccc([C@@H](O)[C@@H](CO)NC(=O)C(Cl)Cl)c1. The first-order valence-electron chi connectivity index (χ1n) is 5.42. The van der Waals surface area contributed by atoms with Crippen LogP contribution in [-0.4, -0.2) is 52.3 Å². The lowest BCUT2D eigenvalue weighted by Gasteiger charge is -2.21. The summed E-state index contributed by atoms with van der Waals surface area (Å²) in [5.41, 5.74) is 0.218. The molecule has 1 rings (SSSR count). The number of nitrogens with zero attached hydrogens (tertiary/aromatic N) is 1. The Morgan fingerprint density at radius 3 is 2.50 bits per heavy atom. The van der Waals surface area contributed by atoms with Gasteiger partial charge in [-0.25, -0.2) is 8.42 Å². The van der Waals surface area contributed by atoms with Crippen LogP contribution in [0.3, 0.4) is 0 Å². The molecule has 0 aliphatic carbocycles. The summed E-state index contributed by atoms with van der Waals surface area (Å²) in [4.78, 5) is 9.98.